The summed E-state index contributed by atoms with van der Waals surface area (Å²) in [4.78, 5) is 12.3. The number of hydrogen-bond donors (Lipinski definition) is 1. The lowest BCUT2D eigenvalue weighted by Crippen LogP contribution is -2.13. The first kappa shape index (κ1) is 11.8. The maximum atomic E-state index is 12.3. The van der Waals surface area contributed by atoms with Crippen molar-refractivity contribution in [1.82, 2.24) is 13.9 Å². The molecule has 0 unspecified atom stereocenters. The number of carbonyl (C=O) groups is 1. The summed E-state index contributed by atoms with van der Waals surface area (Å²) in [6.45, 7) is 3.53. The molecular weight excluding hydrogens is 264 g/mol. The van der Waals surface area contributed by atoms with Crippen molar-refractivity contribution in [3.8, 4) is 0 Å². The number of aromatic nitrogens is 3. The van der Waals surface area contributed by atoms with E-state index in [1.54, 1.807) is 26.0 Å². The quantitative estimate of drug-likeness (QED) is 0.776. The summed E-state index contributed by atoms with van der Waals surface area (Å²) >= 11 is 1.09. The number of anilines is 1. The van der Waals surface area contributed by atoms with Crippen molar-refractivity contribution in [2.24, 2.45) is 0 Å². The normalized spacial score (nSPS) is 10.8. The van der Waals surface area contributed by atoms with E-state index in [0.29, 0.717) is 28.2 Å². The molecule has 2 heterocycles. The summed E-state index contributed by atoms with van der Waals surface area (Å²) in [6.07, 6.45) is 0. The molecule has 96 valence electrons. The van der Waals surface area contributed by atoms with Crippen LogP contribution in [0.2, 0.25) is 0 Å². The van der Waals surface area contributed by atoms with Gasteiger partial charge in [-0.3, -0.25) is 4.79 Å². The fourth-order valence-electron chi connectivity index (χ4n) is 1.83. The lowest BCUT2D eigenvalue weighted by molar-refractivity contribution is 0.102. The van der Waals surface area contributed by atoms with Crippen molar-refractivity contribution in [2.75, 3.05) is 5.32 Å². The Morgan fingerprint density at radius 3 is 2.89 bits per heavy atom. The second kappa shape index (κ2) is 4.43. The van der Waals surface area contributed by atoms with Crippen molar-refractivity contribution >= 4 is 34.4 Å². The Morgan fingerprint density at radius 1 is 1.32 bits per heavy atom. The molecule has 1 N–H and O–H groups in total. The fraction of sp³-hybridized carbons (Fsp3) is 0.167. The average molecular weight is 274 g/mol. The molecule has 2 aromatic heterocycles. The van der Waals surface area contributed by atoms with Crippen LogP contribution in [0, 0.1) is 13.8 Å². The van der Waals surface area contributed by atoms with Gasteiger partial charge in [-0.2, -0.15) is 8.75 Å². The van der Waals surface area contributed by atoms with Crippen LogP contribution in [0.5, 0.6) is 0 Å². The monoisotopic (exact) mass is 274 g/mol. The van der Waals surface area contributed by atoms with Gasteiger partial charge in [-0.1, -0.05) is 11.2 Å². The molecule has 1 aromatic carbocycles. The summed E-state index contributed by atoms with van der Waals surface area (Å²) in [6, 6.07) is 5.33. The van der Waals surface area contributed by atoms with Crippen molar-refractivity contribution in [1.29, 1.82) is 0 Å². The summed E-state index contributed by atoms with van der Waals surface area (Å²) in [5.41, 5.74) is 3.07. The molecule has 0 aliphatic heterocycles. The number of nitrogens with zero attached hydrogens (tertiary/aromatic N) is 3. The number of amides is 1. The first-order valence-corrected chi connectivity index (χ1v) is 6.35. The molecular formula is C12H10N4O2S. The molecule has 0 atom stereocenters. The molecule has 3 rings (SSSR count). The van der Waals surface area contributed by atoms with Crippen molar-refractivity contribution in [3.63, 3.8) is 0 Å². The summed E-state index contributed by atoms with van der Waals surface area (Å²) in [7, 11) is 0. The predicted molar refractivity (Wildman–Crippen MR) is 71.3 cm³/mol. The minimum atomic E-state index is -0.243. The highest BCUT2D eigenvalue weighted by Crippen LogP contribution is 2.22. The van der Waals surface area contributed by atoms with Crippen LogP contribution in [0.4, 0.5) is 5.69 Å². The van der Waals surface area contributed by atoms with Crippen molar-refractivity contribution < 1.29 is 9.32 Å². The molecule has 0 radical (unpaired) electrons. The van der Waals surface area contributed by atoms with Crippen LogP contribution in [0.25, 0.3) is 11.0 Å². The van der Waals surface area contributed by atoms with Crippen LogP contribution in [-0.4, -0.2) is 19.8 Å². The third-order valence-corrected chi connectivity index (χ3v) is 3.35. The van der Waals surface area contributed by atoms with Gasteiger partial charge in [0.15, 0.2) is 5.76 Å². The van der Waals surface area contributed by atoms with Gasteiger partial charge in [-0.25, -0.2) is 0 Å². The van der Waals surface area contributed by atoms with E-state index in [0.717, 1.165) is 17.2 Å². The third kappa shape index (κ3) is 1.97. The largest absolute Gasteiger partial charge is 0.359 e. The molecule has 6 nitrogen and oxygen atoms in total. The van der Waals surface area contributed by atoms with Gasteiger partial charge in [-0.15, -0.1) is 0 Å². The molecule has 0 aliphatic carbocycles. The SMILES string of the molecule is Cc1noc(C)c1NC(=O)c1cccc2nsnc12. The van der Waals surface area contributed by atoms with Gasteiger partial charge < -0.3 is 9.84 Å². The van der Waals surface area contributed by atoms with Crippen LogP contribution < -0.4 is 5.32 Å². The van der Waals surface area contributed by atoms with E-state index < -0.39 is 0 Å². The topological polar surface area (TPSA) is 80.9 Å². The third-order valence-electron chi connectivity index (χ3n) is 2.80. The second-order valence-electron chi connectivity index (χ2n) is 4.09. The van der Waals surface area contributed by atoms with E-state index in [4.69, 9.17) is 4.52 Å². The lowest BCUT2D eigenvalue weighted by atomic mass is 10.1. The van der Waals surface area contributed by atoms with E-state index in [1.165, 1.54) is 0 Å². The first-order valence-electron chi connectivity index (χ1n) is 5.62. The van der Waals surface area contributed by atoms with Gasteiger partial charge in [0.1, 0.15) is 22.4 Å². The number of benzene rings is 1. The molecule has 0 fully saturated rings. The van der Waals surface area contributed by atoms with Crippen molar-refractivity contribution in [2.45, 2.75) is 13.8 Å². The van der Waals surface area contributed by atoms with E-state index in [9.17, 15) is 4.79 Å². The zero-order valence-corrected chi connectivity index (χ0v) is 11.1. The Labute approximate surface area is 112 Å². The number of aryl methyl sites for hydroxylation is 2. The van der Waals surface area contributed by atoms with Crippen molar-refractivity contribution in [3.05, 3.63) is 35.2 Å². The Hall–Kier alpha value is -2.28. The van der Waals surface area contributed by atoms with E-state index >= 15 is 0 Å². The average Bonchev–Trinajstić information content (AvgIpc) is 2.99. The number of rotatable bonds is 2. The Bertz CT molecular complexity index is 743. The smallest absolute Gasteiger partial charge is 0.258 e. The van der Waals surface area contributed by atoms with Crippen LogP contribution in [0.1, 0.15) is 21.8 Å². The fourth-order valence-corrected chi connectivity index (χ4v) is 2.38. The Balaban J connectivity index is 1.99. The van der Waals surface area contributed by atoms with E-state index in [1.807, 2.05) is 6.07 Å². The highest BCUT2D eigenvalue weighted by atomic mass is 32.1. The summed E-state index contributed by atoms with van der Waals surface area (Å²) in [5, 5.41) is 6.60. The number of nitrogens with one attached hydrogen (secondary N) is 1. The molecule has 19 heavy (non-hydrogen) atoms. The standard InChI is InChI=1S/C12H10N4O2S/c1-6-10(7(2)18-14-6)13-12(17)8-4-3-5-9-11(8)16-19-15-9/h3-5H,1-2H3,(H,13,17). The summed E-state index contributed by atoms with van der Waals surface area (Å²) in [5.74, 6) is 0.335. The Morgan fingerprint density at radius 2 is 2.16 bits per heavy atom. The van der Waals surface area contributed by atoms with Gasteiger partial charge in [0.2, 0.25) is 0 Å². The Kier molecular flexibility index (Phi) is 2.75. The van der Waals surface area contributed by atoms with Gasteiger partial charge in [-0.05, 0) is 26.0 Å². The molecule has 0 aliphatic rings. The molecule has 0 saturated carbocycles. The van der Waals surface area contributed by atoms with Gasteiger partial charge in [0, 0.05) is 0 Å². The molecule has 0 bridgehead atoms. The molecule has 0 spiro atoms. The highest BCUT2D eigenvalue weighted by Gasteiger charge is 2.16. The van der Waals surface area contributed by atoms with E-state index in [-0.39, 0.29) is 5.91 Å². The zero-order chi connectivity index (χ0) is 13.4. The zero-order valence-electron chi connectivity index (χ0n) is 10.3. The molecule has 1 amide bonds. The van der Waals surface area contributed by atoms with Gasteiger partial charge in [0.25, 0.3) is 5.91 Å². The minimum Gasteiger partial charge on any atom is -0.359 e. The predicted octanol–water partition coefficient (Wildman–Crippen LogP) is 2.55. The van der Waals surface area contributed by atoms with Gasteiger partial charge in [0.05, 0.1) is 17.3 Å². The van der Waals surface area contributed by atoms with Gasteiger partial charge >= 0.3 is 0 Å². The maximum Gasteiger partial charge on any atom is 0.258 e. The second-order valence-corrected chi connectivity index (χ2v) is 4.62. The molecule has 3 aromatic rings. The van der Waals surface area contributed by atoms with Crippen LogP contribution in [-0.2, 0) is 0 Å². The minimum absolute atomic E-state index is 0.243. The summed E-state index contributed by atoms with van der Waals surface area (Å²) < 4.78 is 13.3. The van der Waals surface area contributed by atoms with E-state index in [2.05, 4.69) is 19.2 Å². The number of fused-ring (bicyclic) bond motifs is 1. The lowest BCUT2D eigenvalue weighted by Gasteiger charge is -2.04. The maximum absolute atomic E-state index is 12.3. The highest BCUT2D eigenvalue weighted by molar-refractivity contribution is 7.00. The van der Waals surface area contributed by atoms with Crippen LogP contribution >= 0.6 is 11.7 Å². The number of carbonyl (C=O) groups excluding carboxylic acids is 1. The van der Waals surface area contributed by atoms with Crippen LogP contribution in [0.3, 0.4) is 0 Å². The first-order chi connectivity index (χ1) is 9.16. The molecule has 0 saturated heterocycles. The number of hydrogen-bond acceptors (Lipinski definition) is 6. The molecule has 7 heteroatoms. The van der Waals surface area contributed by atoms with Crippen LogP contribution in [0.15, 0.2) is 22.7 Å².